The summed E-state index contributed by atoms with van der Waals surface area (Å²) < 4.78 is 6.97. The van der Waals surface area contributed by atoms with Gasteiger partial charge in [0.15, 0.2) is 0 Å². The van der Waals surface area contributed by atoms with Gasteiger partial charge in [-0.15, -0.1) is 0 Å². The molecule has 0 amide bonds. The van der Waals surface area contributed by atoms with E-state index >= 15 is 0 Å². The lowest BCUT2D eigenvalue weighted by Gasteiger charge is -2.32. The van der Waals surface area contributed by atoms with Crippen molar-refractivity contribution >= 4 is 11.6 Å². The van der Waals surface area contributed by atoms with Gasteiger partial charge in [-0.25, -0.2) is 4.98 Å². The van der Waals surface area contributed by atoms with Gasteiger partial charge >= 0.3 is 0 Å². The Labute approximate surface area is 165 Å². The molecule has 1 fully saturated rings. The number of methoxy groups -OCH3 is 1. The summed E-state index contributed by atoms with van der Waals surface area (Å²) in [5, 5.41) is 7.84. The molecule has 1 aliphatic heterocycles. The van der Waals surface area contributed by atoms with E-state index in [2.05, 4.69) is 56.5 Å². The highest BCUT2D eigenvalue weighted by Crippen LogP contribution is 2.20. The fraction of sp³-hybridized carbons (Fsp3) is 0.476. The number of fused-ring (bicyclic) bond motifs is 1. The van der Waals surface area contributed by atoms with Gasteiger partial charge in [-0.3, -0.25) is 4.90 Å². The zero-order valence-corrected chi connectivity index (χ0v) is 16.6. The summed E-state index contributed by atoms with van der Waals surface area (Å²) in [6.45, 7) is 6.87. The molecule has 7 heteroatoms. The van der Waals surface area contributed by atoms with Gasteiger partial charge in [0.05, 0.1) is 12.3 Å². The molecule has 3 aromatic rings. The van der Waals surface area contributed by atoms with E-state index < -0.39 is 0 Å². The second-order valence-electron chi connectivity index (χ2n) is 7.62. The third-order valence-corrected chi connectivity index (χ3v) is 5.40. The molecule has 0 bridgehead atoms. The SMILES string of the molecule is COCc1cc(NCC2CCN(Cc3ccc(C)cc3)CC2)n2ncnc2n1. The Hall–Kier alpha value is -2.51. The third-order valence-electron chi connectivity index (χ3n) is 5.40. The lowest BCUT2D eigenvalue weighted by atomic mass is 9.96. The number of aromatic nitrogens is 4. The van der Waals surface area contributed by atoms with Crippen LogP contribution in [0.1, 0.15) is 29.7 Å². The molecule has 0 unspecified atom stereocenters. The number of piperidine rings is 1. The summed E-state index contributed by atoms with van der Waals surface area (Å²) in [7, 11) is 1.67. The lowest BCUT2D eigenvalue weighted by molar-refractivity contribution is 0.181. The zero-order valence-electron chi connectivity index (χ0n) is 16.6. The first kappa shape index (κ1) is 18.8. The van der Waals surface area contributed by atoms with Crippen LogP contribution in [0.25, 0.3) is 5.78 Å². The molecule has 0 aliphatic carbocycles. The van der Waals surface area contributed by atoms with Crippen LogP contribution in [0.15, 0.2) is 36.7 Å². The Kier molecular flexibility index (Phi) is 5.83. The minimum atomic E-state index is 0.468. The number of benzene rings is 1. The first-order valence-electron chi connectivity index (χ1n) is 9.91. The number of hydrogen-bond acceptors (Lipinski definition) is 6. The average Bonchev–Trinajstić information content (AvgIpc) is 3.18. The minimum absolute atomic E-state index is 0.468. The third kappa shape index (κ3) is 4.48. The number of rotatable bonds is 7. The van der Waals surface area contributed by atoms with E-state index in [1.807, 2.05) is 6.07 Å². The highest BCUT2D eigenvalue weighted by atomic mass is 16.5. The van der Waals surface area contributed by atoms with Crippen LogP contribution >= 0.6 is 0 Å². The average molecular weight is 380 g/mol. The summed E-state index contributed by atoms with van der Waals surface area (Å²) in [6.07, 6.45) is 3.94. The Balaban J connectivity index is 1.31. The van der Waals surface area contributed by atoms with E-state index in [1.54, 1.807) is 11.6 Å². The Bertz CT molecular complexity index is 899. The van der Waals surface area contributed by atoms with Gasteiger partial charge in [-0.2, -0.15) is 14.6 Å². The molecule has 148 valence electrons. The molecule has 1 aliphatic rings. The van der Waals surface area contributed by atoms with Crippen molar-refractivity contribution in [2.24, 2.45) is 5.92 Å². The van der Waals surface area contributed by atoms with Crippen LogP contribution in [0.5, 0.6) is 0 Å². The normalized spacial score (nSPS) is 15.9. The Morgan fingerprint density at radius 3 is 2.71 bits per heavy atom. The van der Waals surface area contributed by atoms with Gasteiger partial charge in [-0.05, 0) is 44.3 Å². The van der Waals surface area contributed by atoms with E-state index in [1.165, 1.54) is 30.3 Å². The predicted octanol–water partition coefficient (Wildman–Crippen LogP) is 2.90. The molecule has 4 rings (SSSR count). The first-order valence-corrected chi connectivity index (χ1v) is 9.91. The minimum Gasteiger partial charge on any atom is -0.378 e. The number of anilines is 1. The molecular formula is C21H28N6O. The topological polar surface area (TPSA) is 67.6 Å². The lowest BCUT2D eigenvalue weighted by Crippen LogP contribution is -2.35. The molecule has 2 aromatic heterocycles. The van der Waals surface area contributed by atoms with Crippen molar-refractivity contribution in [1.82, 2.24) is 24.5 Å². The molecule has 0 radical (unpaired) electrons. The van der Waals surface area contributed by atoms with Crippen LogP contribution < -0.4 is 5.32 Å². The van der Waals surface area contributed by atoms with Gasteiger partial charge in [0, 0.05) is 26.3 Å². The number of nitrogens with one attached hydrogen (secondary N) is 1. The van der Waals surface area contributed by atoms with Crippen LogP contribution in [0.2, 0.25) is 0 Å². The van der Waals surface area contributed by atoms with Crippen molar-refractivity contribution in [2.45, 2.75) is 32.9 Å². The monoisotopic (exact) mass is 380 g/mol. The van der Waals surface area contributed by atoms with Crippen molar-refractivity contribution in [2.75, 3.05) is 32.1 Å². The quantitative estimate of drug-likeness (QED) is 0.680. The van der Waals surface area contributed by atoms with Crippen molar-refractivity contribution in [1.29, 1.82) is 0 Å². The maximum Gasteiger partial charge on any atom is 0.254 e. The van der Waals surface area contributed by atoms with Crippen LogP contribution in [-0.4, -0.2) is 51.2 Å². The first-order chi connectivity index (χ1) is 13.7. The largest absolute Gasteiger partial charge is 0.378 e. The van der Waals surface area contributed by atoms with Crippen LogP contribution in [0.3, 0.4) is 0 Å². The maximum atomic E-state index is 5.22. The van der Waals surface area contributed by atoms with Gasteiger partial charge < -0.3 is 10.1 Å². The standard InChI is InChI=1S/C21H28N6O/c1-16-3-5-18(6-4-16)13-26-9-7-17(8-10-26)12-22-20-11-19(14-28-2)25-21-23-15-24-27(20)21/h3-6,11,15,17,22H,7-10,12-14H2,1-2H3. The second kappa shape index (κ2) is 8.67. The summed E-state index contributed by atoms with van der Waals surface area (Å²) in [5.74, 6) is 2.19. The zero-order chi connectivity index (χ0) is 19.3. The highest BCUT2D eigenvalue weighted by molar-refractivity contribution is 5.44. The number of nitrogens with zero attached hydrogens (tertiary/aromatic N) is 5. The van der Waals surface area contributed by atoms with Gasteiger partial charge in [0.2, 0.25) is 0 Å². The van der Waals surface area contributed by atoms with Crippen molar-refractivity contribution in [3.05, 3.63) is 53.5 Å². The number of ether oxygens (including phenoxy) is 1. The second-order valence-corrected chi connectivity index (χ2v) is 7.62. The molecule has 1 aromatic carbocycles. The van der Waals surface area contributed by atoms with E-state index in [9.17, 15) is 0 Å². The number of likely N-dealkylation sites (tertiary alicyclic amines) is 1. The van der Waals surface area contributed by atoms with E-state index in [4.69, 9.17) is 4.74 Å². The molecular weight excluding hydrogens is 352 g/mol. The van der Waals surface area contributed by atoms with Crippen molar-refractivity contribution < 1.29 is 4.74 Å². The molecule has 0 atom stereocenters. The summed E-state index contributed by atoms with van der Waals surface area (Å²) in [4.78, 5) is 11.2. The molecule has 3 heterocycles. The van der Waals surface area contributed by atoms with Gasteiger partial charge in [0.25, 0.3) is 5.78 Å². The van der Waals surface area contributed by atoms with Crippen molar-refractivity contribution in [3.63, 3.8) is 0 Å². The summed E-state index contributed by atoms with van der Waals surface area (Å²) in [6, 6.07) is 10.9. The molecule has 0 spiro atoms. The van der Waals surface area contributed by atoms with Crippen molar-refractivity contribution in [3.8, 4) is 0 Å². The predicted molar refractivity (Wildman–Crippen MR) is 109 cm³/mol. The van der Waals surface area contributed by atoms with Crippen LogP contribution in [0.4, 0.5) is 5.82 Å². The number of hydrogen-bond donors (Lipinski definition) is 1. The fourth-order valence-corrected chi connectivity index (χ4v) is 3.76. The summed E-state index contributed by atoms with van der Waals surface area (Å²) in [5.41, 5.74) is 3.58. The van der Waals surface area contributed by atoms with Gasteiger partial charge in [-0.1, -0.05) is 29.8 Å². The number of aryl methyl sites for hydroxylation is 1. The fourth-order valence-electron chi connectivity index (χ4n) is 3.76. The maximum absolute atomic E-state index is 5.22. The smallest absolute Gasteiger partial charge is 0.254 e. The molecule has 7 nitrogen and oxygen atoms in total. The van der Waals surface area contributed by atoms with E-state index in [-0.39, 0.29) is 0 Å². The van der Waals surface area contributed by atoms with E-state index in [0.717, 1.165) is 37.7 Å². The summed E-state index contributed by atoms with van der Waals surface area (Å²) >= 11 is 0. The highest BCUT2D eigenvalue weighted by Gasteiger charge is 2.19. The van der Waals surface area contributed by atoms with E-state index in [0.29, 0.717) is 18.3 Å². The van der Waals surface area contributed by atoms with Crippen LogP contribution in [-0.2, 0) is 17.9 Å². The van der Waals surface area contributed by atoms with Gasteiger partial charge in [0.1, 0.15) is 12.1 Å². The molecule has 0 saturated carbocycles. The Morgan fingerprint density at radius 1 is 1.18 bits per heavy atom. The Morgan fingerprint density at radius 2 is 1.96 bits per heavy atom. The molecule has 28 heavy (non-hydrogen) atoms. The molecule has 1 N–H and O–H groups in total. The molecule has 1 saturated heterocycles. The van der Waals surface area contributed by atoms with Crippen LogP contribution in [0, 0.1) is 12.8 Å².